The van der Waals surface area contributed by atoms with Crippen LogP contribution in [0.2, 0.25) is 0 Å². The van der Waals surface area contributed by atoms with E-state index in [4.69, 9.17) is 12.2 Å². The maximum atomic E-state index is 13.3. The van der Waals surface area contributed by atoms with E-state index >= 15 is 0 Å². The largest absolute Gasteiger partial charge is 0.331 e. The first kappa shape index (κ1) is 12.4. The van der Waals surface area contributed by atoms with E-state index in [1.165, 1.54) is 6.07 Å². The van der Waals surface area contributed by atoms with Crippen LogP contribution in [0.3, 0.4) is 0 Å². The van der Waals surface area contributed by atoms with Crippen LogP contribution in [0.25, 0.3) is 0 Å². The standard InChI is InChI=1S/C12H9F2N3S/c13-9-4-1-5-10(14)11(9)17-12(18)16-8-3-2-6-15-7-8/h1-7H,(H2,16,17,18). The Kier molecular flexibility index (Phi) is 3.78. The van der Waals surface area contributed by atoms with Gasteiger partial charge in [0.2, 0.25) is 0 Å². The number of thiocarbonyl (C=S) groups is 1. The van der Waals surface area contributed by atoms with Gasteiger partial charge in [0.25, 0.3) is 0 Å². The summed E-state index contributed by atoms with van der Waals surface area (Å²) in [5.41, 5.74) is 0.352. The Morgan fingerprint density at radius 1 is 1.06 bits per heavy atom. The van der Waals surface area contributed by atoms with Crippen LogP contribution in [0.15, 0.2) is 42.7 Å². The van der Waals surface area contributed by atoms with Crippen molar-refractivity contribution in [3.05, 3.63) is 54.4 Å². The van der Waals surface area contributed by atoms with Crippen molar-refractivity contribution in [2.45, 2.75) is 0 Å². The first-order valence-electron chi connectivity index (χ1n) is 5.09. The van der Waals surface area contributed by atoms with Gasteiger partial charge in [0.15, 0.2) is 5.11 Å². The average Bonchev–Trinajstić information content (AvgIpc) is 2.35. The molecule has 0 saturated carbocycles. The molecule has 0 aliphatic carbocycles. The number of para-hydroxylation sites is 1. The molecule has 2 rings (SSSR count). The van der Waals surface area contributed by atoms with E-state index in [-0.39, 0.29) is 10.8 Å². The van der Waals surface area contributed by atoms with Gasteiger partial charge in [-0.2, -0.15) is 0 Å². The monoisotopic (exact) mass is 265 g/mol. The molecule has 1 aromatic carbocycles. The highest BCUT2D eigenvalue weighted by Crippen LogP contribution is 2.18. The number of hydrogen-bond acceptors (Lipinski definition) is 2. The van der Waals surface area contributed by atoms with Crippen molar-refractivity contribution in [1.82, 2.24) is 4.98 Å². The third kappa shape index (κ3) is 2.98. The minimum atomic E-state index is -0.703. The van der Waals surface area contributed by atoms with E-state index in [0.717, 1.165) is 12.1 Å². The highest BCUT2D eigenvalue weighted by atomic mass is 32.1. The van der Waals surface area contributed by atoms with Crippen LogP contribution in [0.1, 0.15) is 0 Å². The molecule has 18 heavy (non-hydrogen) atoms. The van der Waals surface area contributed by atoms with Gasteiger partial charge < -0.3 is 10.6 Å². The van der Waals surface area contributed by atoms with Gasteiger partial charge in [-0.1, -0.05) is 6.07 Å². The topological polar surface area (TPSA) is 37.0 Å². The molecule has 0 aliphatic rings. The minimum Gasteiger partial charge on any atom is -0.331 e. The lowest BCUT2D eigenvalue weighted by molar-refractivity contribution is 0.591. The molecular weight excluding hydrogens is 256 g/mol. The normalized spacial score (nSPS) is 9.89. The van der Waals surface area contributed by atoms with Crippen LogP contribution in [0.5, 0.6) is 0 Å². The second-order valence-corrected chi connectivity index (χ2v) is 3.83. The van der Waals surface area contributed by atoms with Crippen LogP contribution in [-0.4, -0.2) is 10.1 Å². The molecular formula is C12H9F2N3S. The fraction of sp³-hybridized carbons (Fsp3) is 0. The molecule has 3 nitrogen and oxygen atoms in total. The predicted molar refractivity (Wildman–Crippen MR) is 70.4 cm³/mol. The van der Waals surface area contributed by atoms with Crippen LogP contribution >= 0.6 is 12.2 Å². The highest BCUT2D eigenvalue weighted by molar-refractivity contribution is 7.80. The number of nitrogens with zero attached hydrogens (tertiary/aromatic N) is 1. The summed E-state index contributed by atoms with van der Waals surface area (Å²) >= 11 is 4.95. The summed E-state index contributed by atoms with van der Waals surface area (Å²) in [5, 5.41) is 5.33. The van der Waals surface area contributed by atoms with Crippen LogP contribution in [0.4, 0.5) is 20.2 Å². The molecule has 0 amide bonds. The zero-order valence-corrected chi connectivity index (χ0v) is 9.97. The number of aromatic nitrogens is 1. The number of halogens is 2. The van der Waals surface area contributed by atoms with Gasteiger partial charge in [-0.05, 0) is 36.5 Å². The Balaban J connectivity index is 2.08. The van der Waals surface area contributed by atoms with E-state index in [9.17, 15) is 8.78 Å². The van der Waals surface area contributed by atoms with Crippen LogP contribution in [0, 0.1) is 11.6 Å². The molecule has 0 atom stereocenters. The molecule has 1 aromatic heterocycles. The Bertz CT molecular complexity index is 540. The Morgan fingerprint density at radius 3 is 2.39 bits per heavy atom. The third-order valence-corrected chi connectivity index (χ3v) is 2.32. The van der Waals surface area contributed by atoms with E-state index in [2.05, 4.69) is 15.6 Å². The average molecular weight is 265 g/mol. The zero-order chi connectivity index (χ0) is 13.0. The number of rotatable bonds is 2. The summed E-state index contributed by atoms with van der Waals surface area (Å²) < 4.78 is 26.7. The number of anilines is 2. The van der Waals surface area contributed by atoms with Crippen molar-refractivity contribution in [3.63, 3.8) is 0 Å². The molecule has 92 valence electrons. The highest BCUT2D eigenvalue weighted by Gasteiger charge is 2.09. The Morgan fingerprint density at radius 2 is 1.78 bits per heavy atom. The number of nitrogens with one attached hydrogen (secondary N) is 2. The second kappa shape index (κ2) is 5.50. The molecule has 2 aromatic rings. The van der Waals surface area contributed by atoms with Gasteiger partial charge in [-0.25, -0.2) is 8.78 Å². The second-order valence-electron chi connectivity index (χ2n) is 3.42. The van der Waals surface area contributed by atoms with Crippen molar-refractivity contribution >= 4 is 28.7 Å². The van der Waals surface area contributed by atoms with Gasteiger partial charge in [-0.3, -0.25) is 4.98 Å². The maximum absolute atomic E-state index is 13.3. The van der Waals surface area contributed by atoms with Gasteiger partial charge in [0, 0.05) is 6.20 Å². The summed E-state index contributed by atoms with van der Waals surface area (Å²) in [5.74, 6) is -1.41. The molecule has 2 N–H and O–H groups in total. The molecule has 6 heteroatoms. The number of hydrogen-bond donors (Lipinski definition) is 2. The lowest BCUT2D eigenvalue weighted by Crippen LogP contribution is -2.20. The summed E-state index contributed by atoms with van der Waals surface area (Å²) in [6.07, 6.45) is 3.16. The third-order valence-electron chi connectivity index (χ3n) is 2.12. The molecule has 0 bridgehead atoms. The summed E-state index contributed by atoms with van der Waals surface area (Å²) in [6, 6.07) is 7.04. The fourth-order valence-electron chi connectivity index (χ4n) is 1.33. The van der Waals surface area contributed by atoms with Gasteiger partial charge in [-0.15, -0.1) is 0 Å². The summed E-state index contributed by atoms with van der Waals surface area (Å²) in [6.45, 7) is 0. The van der Waals surface area contributed by atoms with Gasteiger partial charge in [0.1, 0.15) is 17.3 Å². The summed E-state index contributed by atoms with van der Waals surface area (Å²) in [4.78, 5) is 3.88. The van der Waals surface area contributed by atoms with E-state index in [1.807, 2.05) is 0 Å². The SMILES string of the molecule is Fc1cccc(F)c1NC(=S)Nc1cccnc1. The quantitative estimate of drug-likeness (QED) is 0.818. The van der Waals surface area contributed by atoms with Crippen molar-refractivity contribution in [1.29, 1.82) is 0 Å². The zero-order valence-electron chi connectivity index (χ0n) is 9.15. The molecule has 0 radical (unpaired) electrons. The molecule has 1 heterocycles. The Hall–Kier alpha value is -2.08. The Labute approximate surface area is 108 Å². The molecule has 0 saturated heterocycles. The van der Waals surface area contributed by atoms with E-state index in [0.29, 0.717) is 5.69 Å². The van der Waals surface area contributed by atoms with Crippen molar-refractivity contribution in [2.75, 3.05) is 10.6 Å². The van der Waals surface area contributed by atoms with Gasteiger partial charge in [0.05, 0.1) is 11.9 Å². The smallest absolute Gasteiger partial charge is 0.175 e. The molecule has 0 fully saturated rings. The van der Waals surface area contributed by atoms with Crippen LogP contribution in [-0.2, 0) is 0 Å². The van der Waals surface area contributed by atoms with Crippen LogP contribution < -0.4 is 10.6 Å². The minimum absolute atomic E-state index is 0.0898. The lowest BCUT2D eigenvalue weighted by atomic mass is 10.3. The molecule has 0 unspecified atom stereocenters. The van der Waals surface area contributed by atoms with Gasteiger partial charge >= 0.3 is 0 Å². The number of pyridine rings is 1. The predicted octanol–water partition coefficient (Wildman–Crippen LogP) is 3.17. The fourth-order valence-corrected chi connectivity index (χ4v) is 1.55. The van der Waals surface area contributed by atoms with Crippen molar-refractivity contribution < 1.29 is 8.78 Å². The molecule has 0 aliphatic heterocycles. The first-order valence-corrected chi connectivity index (χ1v) is 5.49. The van der Waals surface area contributed by atoms with Crippen molar-refractivity contribution in [3.8, 4) is 0 Å². The van der Waals surface area contributed by atoms with E-state index < -0.39 is 11.6 Å². The lowest BCUT2D eigenvalue weighted by Gasteiger charge is -2.11. The van der Waals surface area contributed by atoms with E-state index in [1.54, 1.807) is 24.5 Å². The number of benzene rings is 1. The first-order chi connectivity index (χ1) is 8.66. The molecule has 0 spiro atoms. The van der Waals surface area contributed by atoms with Crippen molar-refractivity contribution in [2.24, 2.45) is 0 Å². The maximum Gasteiger partial charge on any atom is 0.175 e. The summed E-state index contributed by atoms with van der Waals surface area (Å²) in [7, 11) is 0.